The Kier molecular flexibility index (Phi) is 6.90. The van der Waals surface area contributed by atoms with Crippen LogP contribution < -0.4 is 9.64 Å². The molecule has 0 bridgehead atoms. The molecule has 192 valence electrons. The van der Waals surface area contributed by atoms with Crippen molar-refractivity contribution in [2.24, 2.45) is 0 Å². The van der Waals surface area contributed by atoms with Crippen molar-refractivity contribution in [1.82, 2.24) is 9.88 Å². The first-order valence-corrected chi connectivity index (χ1v) is 13.8. The predicted molar refractivity (Wildman–Crippen MR) is 150 cm³/mol. The van der Waals surface area contributed by atoms with Crippen LogP contribution in [0.25, 0.3) is 11.1 Å². The van der Waals surface area contributed by atoms with Crippen LogP contribution in [0.2, 0.25) is 0 Å². The van der Waals surface area contributed by atoms with E-state index >= 15 is 0 Å². The van der Waals surface area contributed by atoms with E-state index in [1.165, 1.54) is 4.90 Å². The summed E-state index contributed by atoms with van der Waals surface area (Å²) in [6.07, 6.45) is 2.92. The number of carbonyl (C=O) groups is 1. The molecule has 0 radical (unpaired) electrons. The number of nitrogens with zero attached hydrogens (tertiary/aromatic N) is 3. The van der Waals surface area contributed by atoms with Gasteiger partial charge in [0.2, 0.25) is 5.89 Å². The molecule has 0 N–H and O–H groups in total. The van der Waals surface area contributed by atoms with Crippen LogP contribution in [0.3, 0.4) is 0 Å². The molecule has 1 aliphatic rings. The van der Waals surface area contributed by atoms with Gasteiger partial charge >= 0.3 is 0 Å². The van der Waals surface area contributed by atoms with Gasteiger partial charge in [-0.3, -0.25) is 4.79 Å². The van der Waals surface area contributed by atoms with Crippen LogP contribution in [-0.4, -0.2) is 42.2 Å². The Morgan fingerprint density at radius 2 is 1.86 bits per heavy atom. The number of amides is 1. The number of thioether (sulfide) groups is 1. The molecule has 0 saturated carbocycles. The van der Waals surface area contributed by atoms with Gasteiger partial charge in [0, 0.05) is 47.8 Å². The maximum absolute atomic E-state index is 13.3. The Hall–Kier alpha value is -3.45. The van der Waals surface area contributed by atoms with Gasteiger partial charge in [0.25, 0.3) is 5.91 Å². The lowest BCUT2D eigenvalue weighted by Crippen LogP contribution is -2.26. The second-order valence-electron chi connectivity index (χ2n) is 10.5. The van der Waals surface area contributed by atoms with Crippen molar-refractivity contribution in [3.05, 3.63) is 77.7 Å². The van der Waals surface area contributed by atoms with Crippen molar-refractivity contribution in [1.29, 1.82) is 0 Å². The third-order valence-electron chi connectivity index (χ3n) is 6.53. The Morgan fingerprint density at radius 1 is 1.08 bits per heavy atom. The fourth-order valence-corrected chi connectivity index (χ4v) is 4.89. The van der Waals surface area contributed by atoms with Crippen molar-refractivity contribution in [2.45, 2.75) is 44.0 Å². The molecule has 0 spiro atoms. The minimum atomic E-state index is -0.156. The molecule has 0 aliphatic carbocycles. The summed E-state index contributed by atoms with van der Waals surface area (Å²) in [5, 5.41) is 0. The molecule has 37 heavy (non-hydrogen) atoms. The summed E-state index contributed by atoms with van der Waals surface area (Å²) >= 11 is 1.71. The molecule has 0 fully saturated rings. The number of aromatic nitrogens is 1. The van der Waals surface area contributed by atoms with Gasteiger partial charge in [-0.1, -0.05) is 32.9 Å². The Labute approximate surface area is 222 Å². The zero-order valence-electron chi connectivity index (χ0n) is 22.1. The number of rotatable bonds is 5. The summed E-state index contributed by atoms with van der Waals surface area (Å²) in [5.41, 5.74) is 5.14. The number of anilines is 2. The van der Waals surface area contributed by atoms with Crippen LogP contribution >= 0.6 is 11.8 Å². The van der Waals surface area contributed by atoms with E-state index in [9.17, 15) is 4.79 Å². The minimum Gasteiger partial charge on any atom is -0.491 e. The van der Waals surface area contributed by atoms with E-state index in [0.29, 0.717) is 24.5 Å². The largest absolute Gasteiger partial charge is 0.491 e. The molecule has 6 nitrogen and oxygen atoms in total. The Morgan fingerprint density at radius 3 is 2.59 bits per heavy atom. The van der Waals surface area contributed by atoms with Crippen LogP contribution in [0.4, 0.5) is 11.4 Å². The molecule has 0 unspecified atom stereocenters. The topological polar surface area (TPSA) is 58.8 Å². The quantitative estimate of drug-likeness (QED) is 0.266. The number of benzene rings is 3. The number of carbonyl (C=O) groups excluding carboxylic acids is 1. The highest BCUT2D eigenvalue weighted by atomic mass is 32.2. The number of hydrogen-bond acceptors (Lipinski definition) is 6. The van der Waals surface area contributed by atoms with Gasteiger partial charge in [0.15, 0.2) is 5.58 Å². The van der Waals surface area contributed by atoms with E-state index in [1.54, 1.807) is 16.7 Å². The molecule has 0 atom stereocenters. The third-order valence-corrected chi connectivity index (χ3v) is 7.28. The smallest absolute Gasteiger partial charge is 0.254 e. The molecule has 1 amide bonds. The normalized spacial score (nSPS) is 13.7. The average Bonchev–Trinajstić information content (AvgIpc) is 3.22. The minimum absolute atomic E-state index is 0.0334. The second-order valence-corrected chi connectivity index (χ2v) is 11.3. The van der Waals surface area contributed by atoms with Crippen LogP contribution in [0.15, 0.2) is 70.0 Å². The zero-order chi connectivity index (χ0) is 26.2. The van der Waals surface area contributed by atoms with E-state index < -0.39 is 0 Å². The average molecular weight is 516 g/mol. The van der Waals surface area contributed by atoms with E-state index in [4.69, 9.17) is 9.15 Å². The number of ether oxygens (including phenoxy) is 1. The van der Waals surface area contributed by atoms with E-state index in [0.717, 1.165) is 46.9 Å². The van der Waals surface area contributed by atoms with E-state index in [2.05, 4.69) is 67.2 Å². The predicted octanol–water partition coefficient (Wildman–Crippen LogP) is 7.04. The van der Waals surface area contributed by atoms with Crippen molar-refractivity contribution in [2.75, 3.05) is 31.4 Å². The van der Waals surface area contributed by atoms with Crippen molar-refractivity contribution in [3.8, 4) is 5.75 Å². The first kappa shape index (κ1) is 25.2. The fraction of sp³-hybridized carbons (Fsp3) is 0.333. The van der Waals surface area contributed by atoms with Gasteiger partial charge in [-0.2, -0.15) is 0 Å². The maximum Gasteiger partial charge on any atom is 0.254 e. The summed E-state index contributed by atoms with van der Waals surface area (Å²) in [6.45, 7) is 8.23. The molecular weight excluding hydrogens is 482 g/mol. The zero-order valence-corrected chi connectivity index (χ0v) is 22.9. The van der Waals surface area contributed by atoms with Gasteiger partial charge < -0.3 is 19.0 Å². The summed E-state index contributed by atoms with van der Waals surface area (Å²) in [7, 11) is 1.84. The number of oxazole rings is 1. The molecule has 7 heteroatoms. The molecule has 2 heterocycles. The van der Waals surface area contributed by atoms with Crippen molar-refractivity contribution in [3.63, 3.8) is 0 Å². The summed E-state index contributed by atoms with van der Waals surface area (Å²) < 4.78 is 12.2. The third kappa shape index (κ3) is 5.32. The highest BCUT2D eigenvalue weighted by Crippen LogP contribution is 2.38. The fourth-order valence-electron chi connectivity index (χ4n) is 4.48. The number of hydrogen-bond donors (Lipinski definition) is 0. The van der Waals surface area contributed by atoms with E-state index in [1.807, 2.05) is 37.4 Å². The van der Waals surface area contributed by atoms with Gasteiger partial charge in [-0.05, 0) is 60.7 Å². The van der Waals surface area contributed by atoms with Gasteiger partial charge in [-0.25, -0.2) is 4.98 Å². The summed E-state index contributed by atoms with van der Waals surface area (Å²) in [6, 6.07) is 20.2. The Bertz CT molecular complexity index is 1420. The van der Waals surface area contributed by atoms with Crippen LogP contribution in [0.5, 0.6) is 5.75 Å². The van der Waals surface area contributed by atoms with E-state index in [-0.39, 0.29) is 11.3 Å². The lowest BCUT2D eigenvalue weighted by Gasteiger charge is -2.24. The van der Waals surface area contributed by atoms with Gasteiger partial charge in [0.1, 0.15) is 11.3 Å². The van der Waals surface area contributed by atoms with Crippen LogP contribution in [0, 0.1) is 0 Å². The standard InChI is InChI=1S/C30H33N3O3S/c1-30(2,3)29-31-24-13-10-22(18-26(24)36-29)33-15-6-16-35-27-17-21(9-14-25(27)33)28(34)32(4)19-20-7-11-23(37-5)12-8-20/h7-14,17-18H,6,15-16,19H2,1-5H3. The molecule has 1 aromatic heterocycles. The van der Waals surface area contributed by atoms with Crippen LogP contribution in [0.1, 0.15) is 49.0 Å². The molecular formula is C30H33N3O3S. The van der Waals surface area contributed by atoms with Crippen molar-refractivity contribution >= 4 is 40.1 Å². The second kappa shape index (κ2) is 10.1. The SMILES string of the molecule is CSc1ccc(CN(C)C(=O)c2ccc3c(c2)OCCCN3c2ccc3nc(C(C)(C)C)oc3c2)cc1. The first-order valence-electron chi connectivity index (χ1n) is 12.6. The molecule has 5 rings (SSSR count). The number of fused-ring (bicyclic) bond motifs is 2. The summed E-state index contributed by atoms with van der Waals surface area (Å²) in [4.78, 5) is 23.1. The lowest BCUT2D eigenvalue weighted by atomic mass is 9.97. The van der Waals surface area contributed by atoms with Gasteiger partial charge in [-0.15, -0.1) is 11.8 Å². The van der Waals surface area contributed by atoms with Crippen LogP contribution in [-0.2, 0) is 12.0 Å². The molecule has 3 aromatic carbocycles. The Balaban J connectivity index is 1.40. The highest BCUT2D eigenvalue weighted by Gasteiger charge is 2.24. The maximum atomic E-state index is 13.3. The highest BCUT2D eigenvalue weighted by molar-refractivity contribution is 7.98. The monoisotopic (exact) mass is 515 g/mol. The van der Waals surface area contributed by atoms with Crippen molar-refractivity contribution < 1.29 is 13.9 Å². The first-order chi connectivity index (χ1) is 17.7. The molecule has 4 aromatic rings. The molecule has 1 aliphatic heterocycles. The molecule has 0 saturated heterocycles. The summed E-state index contributed by atoms with van der Waals surface area (Å²) in [5.74, 6) is 1.41. The van der Waals surface area contributed by atoms with Gasteiger partial charge in [0.05, 0.1) is 12.3 Å². The lowest BCUT2D eigenvalue weighted by molar-refractivity contribution is 0.0784.